The van der Waals surface area contributed by atoms with E-state index in [1.165, 1.54) is 0 Å². The van der Waals surface area contributed by atoms with Crippen molar-refractivity contribution in [3.8, 4) is 0 Å². The maximum absolute atomic E-state index is 5.30. The lowest BCUT2D eigenvalue weighted by Crippen LogP contribution is -2.34. The average molecular weight is 231 g/mol. The normalized spacial score (nSPS) is 13.8. The molecule has 0 N–H and O–H groups in total. The number of aromatic nitrogens is 2. The zero-order chi connectivity index (χ0) is 10.6. The average Bonchev–Trinajstić information content (AvgIpc) is 2.55. The van der Waals surface area contributed by atoms with Crippen LogP contribution in [0.25, 0.3) is 0 Å². The van der Waals surface area contributed by atoms with Gasteiger partial charge in [0, 0.05) is 31.2 Å². The molecule has 0 spiro atoms. The van der Waals surface area contributed by atoms with Gasteiger partial charge in [-0.2, -0.15) is 5.10 Å². The topological polar surface area (TPSA) is 21.1 Å². The maximum atomic E-state index is 5.30. The molecule has 1 atom stereocenters. The van der Waals surface area contributed by atoms with E-state index >= 15 is 0 Å². The number of rotatable bonds is 5. The summed E-state index contributed by atoms with van der Waals surface area (Å²) in [6.45, 7) is 6.25. The standard InChI is InChI=1S/C9H17N3S2/c1-9(2)12(14(3)13)8-7-11-6-4-5-10-11/h4-6,9H,7-8H2,1-3H3. The Hall–Kier alpha value is -0.260. The van der Waals surface area contributed by atoms with E-state index in [1.54, 1.807) is 6.20 Å². The van der Waals surface area contributed by atoms with Gasteiger partial charge in [0.25, 0.3) is 0 Å². The molecule has 3 nitrogen and oxygen atoms in total. The molecule has 0 fully saturated rings. The van der Waals surface area contributed by atoms with E-state index in [1.807, 2.05) is 16.9 Å². The molecule has 0 bridgehead atoms. The Kier molecular flexibility index (Phi) is 4.71. The largest absolute Gasteiger partial charge is 0.271 e. The van der Waals surface area contributed by atoms with Crippen LogP contribution >= 0.6 is 0 Å². The molecule has 1 unspecified atom stereocenters. The Balaban J connectivity index is 2.45. The van der Waals surface area contributed by atoms with Crippen molar-refractivity contribution in [1.29, 1.82) is 0 Å². The van der Waals surface area contributed by atoms with Crippen molar-refractivity contribution < 1.29 is 0 Å². The van der Waals surface area contributed by atoms with Crippen LogP contribution in [0, 0.1) is 0 Å². The lowest BCUT2D eigenvalue weighted by Gasteiger charge is -2.25. The van der Waals surface area contributed by atoms with Gasteiger partial charge in [0.15, 0.2) is 0 Å². The summed E-state index contributed by atoms with van der Waals surface area (Å²) in [5.74, 6) is 0. The molecule has 0 aliphatic carbocycles. The van der Waals surface area contributed by atoms with Crippen molar-refractivity contribution in [3.63, 3.8) is 0 Å². The Morgan fingerprint density at radius 1 is 1.57 bits per heavy atom. The quantitative estimate of drug-likeness (QED) is 0.760. The van der Waals surface area contributed by atoms with Gasteiger partial charge in [0.05, 0.1) is 6.54 Å². The van der Waals surface area contributed by atoms with Crippen LogP contribution in [-0.2, 0) is 27.4 Å². The van der Waals surface area contributed by atoms with Gasteiger partial charge in [0.1, 0.15) is 0 Å². The highest BCUT2D eigenvalue weighted by Crippen LogP contribution is 2.01. The van der Waals surface area contributed by atoms with Gasteiger partial charge in [-0.1, -0.05) is 9.64 Å². The predicted octanol–water partition coefficient (Wildman–Crippen LogP) is 1.22. The van der Waals surface area contributed by atoms with E-state index < -0.39 is 0 Å². The molecular formula is C9H17N3S2. The van der Waals surface area contributed by atoms with Crippen LogP contribution in [0.3, 0.4) is 0 Å². The second-order valence-corrected chi connectivity index (χ2v) is 6.19. The summed E-state index contributed by atoms with van der Waals surface area (Å²) in [5, 5.41) is 4.17. The van der Waals surface area contributed by atoms with Crippen molar-refractivity contribution in [2.45, 2.75) is 26.4 Å². The number of hydrogen-bond donors (Lipinski definition) is 0. The van der Waals surface area contributed by atoms with E-state index in [-0.39, 0.29) is 9.64 Å². The SMILES string of the molecule is CC(C)N(CCn1cccn1)S(C)=S. The predicted molar refractivity (Wildman–Crippen MR) is 64.7 cm³/mol. The fraction of sp³-hybridized carbons (Fsp3) is 0.667. The van der Waals surface area contributed by atoms with Crippen molar-refractivity contribution in [2.75, 3.05) is 12.8 Å². The molecule has 0 radical (unpaired) electrons. The minimum absolute atomic E-state index is 0.0694. The zero-order valence-electron chi connectivity index (χ0n) is 8.88. The van der Waals surface area contributed by atoms with Crippen LogP contribution in [-0.4, -0.2) is 32.9 Å². The minimum Gasteiger partial charge on any atom is -0.271 e. The molecule has 1 aromatic heterocycles. The Labute approximate surface area is 92.8 Å². The third-order valence-corrected chi connectivity index (χ3v) is 3.85. The van der Waals surface area contributed by atoms with Crippen molar-refractivity contribution in [2.24, 2.45) is 0 Å². The highest BCUT2D eigenvalue weighted by molar-refractivity contribution is 8.27. The second-order valence-electron chi connectivity index (χ2n) is 3.43. The molecule has 5 heteroatoms. The van der Waals surface area contributed by atoms with Crippen molar-refractivity contribution >= 4 is 20.8 Å². The molecule has 1 heterocycles. The first-order valence-corrected chi connectivity index (χ1v) is 7.20. The molecule has 0 aliphatic heterocycles. The summed E-state index contributed by atoms with van der Waals surface area (Å²) in [4.78, 5) is 0. The summed E-state index contributed by atoms with van der Waals surface area (Å²) in [6.07, 6.45) is 5.87. The highest BCUT2D eigenvalue weighted by atomic mass is 32.8. The first kappa shape index (κ1) is 11.8. The third kappa shape index (κ3) is 3.48. The smallest absolute Gasteiger partial charge is 0.0546 e. The Bertz CT molecular complexity index is 282. The first-order chi connectivity index (χ1) is 6.61. The molecule has 80 valence electrons. The highest BCUT2D eigenvalue weighted by Gasteiger charge is 2.09. The van der Waals surface area contributed by atoms with Gasteiger partial charge >= 0.3 is 0 Å². The minimum atomic E-state index is -0.0694. The number of hydrogen-bond acceptors (Lipinski definition) is 2. The van der Waals surface area contributed by atoms with Gasteiger partial charge < -0.3 is 0 Å². The first-order valence-electron chi connectivity index (χ1n) is 4.69. The van der Waals surface area contributed by atoms with Crippen molar-refractivity contribution in [3.05, 3.63) is 18.5 Å². The molecule has 14 heavy (non-hydrogen) atoms. The number of nitrogens with zero attached hydrogens (tertiary/aromatic N) is 3. The van der Waals surface area contributed by atoms with Gasteiger partial charge in [-0.25, -0.2) is 4.31 Å². The van der Waals surface area contributed by atoms with Crippen LogP contribution in [0.1, 0.15) is 13.8 Å². The third-order valence-electron chi connectivity index (χ3n) is 2.01. The van der Waals surface area contributed by atoms with E-state index in [4.69, 9.17) is 11.2 Å². The van der Waals surface area contributed by atoms with Gasteiger partial charge in [-0.3, -0.25) is 4.68 Å². The lowest BCUT2D eigenvalue weighted by molar-refractivity contribution is 0.366. The molecule has 1 aromatic rings. The summed E-state index contributed by atoms with van der Waals surface area (Å²) >= 11 is 5.30. The van der Waals surface area contributed by atoms with Gasteiger partial charge in [0.2, 0.25) is 0 Å². The Morgan fingerprint density at radius 2 is 2.29 bits per heavy atom. The molecule has 1 rings (SSSR count). The van der Waals surface area contributed by atoms with Crippen LogP contribution in [0.2, 0.25) is 0 Å². The second kappa shape index (κ2) is 5.58. The van der Waals surface area contributed by atoms with Crippen LogP contribution in [0.5, 0.6) is 0 Å². The molecular weight excluding hydrogens is 214 g/mol. The fourth-order valence-electron chi connectivity index (χ4n) is 1.32. The molecule has 0 saturated heterocycles. The van der Waals surface area contributed by atoms with Crippen LogP contribution in [0.15, 0.2) is 18.5 Å². The maximum Gasteiger partial charge on any atom is 0.0546 e. The van der Waals surface area contributed by atoms with Crippen LogP contribution < -0.4 is 0 Å². The van der Waals surface area contributed by atoms with E-state index in [9.17, 15) is 0 Å². The lowest BCUT2D eigenvalue weighted by atomic mass is 10.4. The summed E-state index contributed by atoms with van der Waals surface area (Å²) in [7, 11) is -0.0694. The zero-order valence-corrected chi connectivity index (χ0v) is 10.5. The van der Waals surface area contributed by atoms with Crippen LogP contribution in [0.4, 0.5) is 0 Å². The Morgan fingerprint density at radius 3 is 2.71 bits per heavy atom. The van der Waals surface area contributed by atoms with Crippen molar-refractivity contribution in [1.82, 2.24) is 14.1 Å². The molecule has 0 aliphatic rings. The summed E-state index contributed by atoms with van der Waals surface area (Å²) in [5.41, 5.74) is 0. The summed E-state index contributed by atoms with van der Waals surface area (Å²) < 4.78 is 4.26. The fourth-order valence-corrected chi connectivity index (χ4v) is 2.99. The summed E-state index contributed by atoms with van der Waals surface area (Å²) in [6, 6.07) is 2.45. The van der Waals surface area contributed by atoms with Gasteiger partial charge in [-0.05, 0) is 31.1 Å². The van der Waals surface area contributed by atoms with E-state index in [2.05, 4.69) is 29.5 Å². The molecule has 0 saturated carbocycles. The molecule has 0 aromatic carbocycles. The molecule has 0 amide bonds. The monoisotopic (exact) mass is 231 g/mol. The van der Waals surface area contributed by atoms with Gasteiger partial charge in [-0.15, -0.1) is 0 Å². The van der Waals surface area contributed by atoms with E-state index in [0.29, 0.717) is 6.04 Å². The van der Waals surface area contributed by atoms with E-state index in [0.717, 1.165) is 13.1 Å².